The van der Waals surface area contributed by atoms with Crippen molar-refractivity contribution in [3.8, 4) is 28.7 Å². The second-order valence-corrected chi connectivity index (χ2v) is 6.37. The molecule has 3 aromatic rings. The molecule has 0 bridgehead atoms. The zero-order chi connectivity index (χ0) is 19.6. The molecular formula is C22H20O5. The topological polar surface area (TPSA) is 101 Å². The van der Waals surface area contributed by atoms with Gasteiger partial charge >= 0.3 is 0 Å². The number of rotatable bonds is 4. The third kappa shape index (κ3) is 3.98. The summed E-state index contributed by atoms with van der Waals surface area (Å²) in [6.07, 6.45) is 3.54. The summed E-state index contributed by atoms with van der Waals surface area (Å²) >= 11 is 0. The van der Waals surface area contributed by atoms with Gasteiger partial charge in [0.25, 0.3) is 0 Å². The summed E-state index contributed by atoms with van der Waals surface area (Å²) in [6, 6.07) is 14.1. The second kappa shape index (κ2) is 7.33. The van der Waals surface area contributed by atoms with E-state index in [0.717, 1.165) is 5.56 Å². The normalized spacial score (nSPS) is 12.3. The van der Waals surface area contributed by atoms with E-state index in [2.05, 4.69) is 0 Å². The molecule has 0 spiro atoms. The summed E-state index contributed by atoms with van der Waals surface area (Å²) in [5, 5.41) is 49.3. The molecule has 0 aliphatic carbocycles. The molecule has 0 amide bonds. The Labute approximate surface area is 156 Å². The van der Waals surface area contributed by atoms with Crippen molar-refractivity contribution in [2.45, 2.75) is 12.8 Å². The predicted octanol–water partition coefficient (Wildman–Crippen LogP) is 4.54. The first-order valence-corrected chi connectivity index (χ1v) is 8.40. The van der Waals surface area contributed by atoms with Gasteiger partial charge in [-0.3, -0.25) is 0 Å². The van der Waals surface area contributed by atoms with Crippen molar-refractivity contribution in [2.24, 2.45) is 0 Å². The lowest BCUT2D eigenvalue weighted by Crippen LogP contribution is -1.98. The van der Waals surface area contributed by atoms with Crippen molar-refractivity contribution in [2.75, 3.05) is 0 Å². The number of aromatic hydroxyl groups is 5. The molecular weight excluding hydrogens is 344 g/mol. The van der Waals surface area contributed by atoms with E-state index >= 15 is 0 Å². The Balaban J connectivity index is 1.90. The van der Waals surface area contributed by atoms with E-state index in [9.17, 15) is 25.5 Å². The summed E-state index contributed by atoms with van der Waals surface area (Å²) in [4.78, 5) is 0. The van der Waals surface area contributed by atoms with Crippen LogP contribution in [0.15, 0.2) is 54.6 Å². The zero-order valence-corrected chi connectivity index (χ0v) is 14.7. The van der Waals surface area contributed by atoms with Gasteiger partial charge in [-0.25, -0.2) is 0 Å². The summed E-state index contributed by atoms with van der Waals surface area (Å²) < 4.78 is 0. The van der Waals surface area contributed by atoms with E-state index in [1.165, 1.54) is 12.1 Å². The molecule has 1 atom stereocenters. The SMILES string of the molecule is CC(c1ccc(O)c(O)c1)c1c(O)cc(C=Cc2ccc(O)cc2)cc1O. The molecule has 3 rings (SSSR count). The summed E-state index contributed by atoms with van der Waals surface area (Å²) in [7, 11) is 0. The Morgan fingerprint density at radius 1 is 0.630 bits per heavy atom. The minimum atomic E-state index is -0.397. The van der Waals surface area contributed by atoms with Crippen LogP contribution in [-0.4, -0.2) is 25.5 Å². The maximum atomic E-state index is 10.4. The number of hydrogen-bond donors (Lipinski definition) is 5. The van der Waals surface area contributed by atoms with Gasteiger partial charge in [0, 0.05) is 11.5 Å². The molecule has 1 unspecified atom stereocenters. The van der Waals surface area contributed by atoms with Crippen molar-refractivity contribution >= 4 is 12.2 Å². The third-order valence-electron chi connectivity index (χ3n) is 4.45. The van der Waals surface area contributed by atoms with Gasteiger partial charge in [-0.1, -0.05) is 37.3 Å². The number of phenols is 5. The van der Waals surface area contributed by atoms with Crippen LogP contribution in [0.25, 0.3) is 12.2 Å². The smallest absolute Gasteiger partial charge is 0.157 e. The molecule has 3 aromatic carbocycles. The van der Waals surface area contributed by atoms with Crippen LogP contribution in [0, 0.1) is 0 Å². The Kier molecular flexibility index (Phi) is 4.94. The zero-order valence-electron chi connectivity index (χ0n) is 14.7. The summed E-state index contributed by atoms with van der Waals surface area (Å²) in [5.74, 6) is -0.839. The summed E-state index contributed by atoms with van der Waals surface area (Å²) in [6.45, 7) is 1.78. The van der Waals surface area contributed by atoms with Gasteiger partial charge in [0.15, 0.2) is 11.5 Å². The van der Waals surface area contributed by atoms with Crippen molar-refractivity contribution in [1.82, 2.24) is 0 Å². The first-order chi connectivity index (χ1) is 12.8. The van der Waals surface area contributed by atoms with Crippen LogP contribution in [0.1, 0.15) is 35.1 Å². The molecule has 0 aliphatic rings. The van der Waals surface area contributed by atoms with Crippen LogP contribution in [0.4, 0.5) is 0 Å². The largest absolute Gasteiger partial charge is 0.508 e. The van der Waals surface area contributed by atoms with Gasteiger partial charge < -0.3 is 25.5 Å². The van der Waals surface area contributed by atoms with E-state index in [1.807, 2.05) is 0 Å². The molecule has 0 aliphatic heterocycles. The van der Waals surface area contributed by atoms with E-state index < -0.39 is 5.92 Å². The molecule has 0 saturated carbocycles. The molecule has 5 N–H and O–H groups in total. The van der Waals surface area contributed by atoms with Gasteiger partial charge in [-0.15, -0.1) is 0 Å². The van der Waals surface area contributed by atoms with Crippen molar-refractivity contribution < 1.29 is 25.5 Å². The standard InChI is InChI=1S/C22H20O5/c1-13(16-6-9-18(24)19(25)12-16)22-20(26)10-15(11-21(22)27)3-2-14-4-7-17(23)8-5-14/h2-13,23-27H,1H3. The quantitative estimate of drug-likeness (QED) is 0.346. The van der Waals surface area contributed by atoms with Crippen LogP contribution < -0.4 is 0 Å². The minimum absolute atomic E-state index is 0.0691. The number of hydrogen-bond acceptors (Lipinski definition) is 5. The van der Waals surface area contributed by atoms with Crippen LogP contribution in [0.3, 0.4) is 0 Å². The fourth-order valence-corrected chi connectivity index (χ4v) is 2.94. The number of benzene rings is 3. The highest BCUT2D eigenvalue weighted by molar-refractivity contribution is 5.72. The molecule has 27 heavy (non-hydrogen) atoms. The lowest BCUT2D eigenvalue weighted by atomic mass is 9.90. The second-order valence-electron chi connectivity index (χ2n) is 6.37. The lowest BCUT2D eigenvalue weighted by Gasteiger charge is -2.17. The average Bonchev–Trinajstić information content (AvgIpc) is 2.63. The first kappa shape index (κ1) is 18.2. The average molecular weight is 364 g/mol. The van der Waals surface area contributed by atoms with E-state index in [0.29, 0.717) is 16.7 Å². The third-order valence-corrected chi connectivity index (χ3v) is 4.45. The van der Waals surface area contributed by atoms with E-state index in [-0.39, 0.29) is 28.7 Å². The molecule has 5 nitrogen and oxygen atoms in total. The van der Waals surface area contributed by atoms with Crippen molar-refractivity contribution in [1.29, 1.82) is 0 Å². The molecule has 0 radical (unpaired) electrons. The minimum Gasteiger partial charge on any atom is -0.508 e. The van der Waals surface area contributed by atoms with Crippen molar-refractivity contribution in [3.63, 3.8) is 0 Å². The maximum Gasteiger partial charge on any atom is 0.157 e. The first-order valence-electron chi connectivity index (χ1n) is 8.40. The highest BCUT2D eigenvalue weighted by Gasteiger charge is 2.19. The van der Waals surface area contributed by atoms with Gasteiger partial charge in [0.1, 0.15) is 17.2 Å². The van der Waals surface area contributed by atoms with Gasteiger partial charge in [-0.05, 0) is 53.1 Å². The fraction of sp³-hybridized carbons (Fsp3) is 0.0909. The van der Waals surface area contributed by atoms with Gasteiger partial charge in [-0.2, -0.15) is 0 Å². The molecule has 0 saturated heterocycles. The molecule has 138 valence electrons. The van der Waals surface area contributed by atoms with E-state index in [1.54, 1.807) is 61.5 Å². The highest BCUT2D eigenvalue weighted by Crippen LogP contribution is 2.40. The lowest BCUT2D eigenvalue weighted by molar-refractivity contribution is 0.402. The molecule has 0 aromatic heterocycles. The monoisotopic (exact) mass is 364 g/mol. The Morgan fingerprint density at radius 2 is 1.22 bits per heavy atom. The van der Waals surface area contributed by atoms with Gasteiger partial charge in [0.05, 0.1) is 0 Å². The maximum absolute atomic E-state index is 10.4. The van der Waals surface area contributed by atoms with Crippen LogP contribution >= 0.6 is 0 Å². The number of phenolic OH excluding ortho intramolecular Hbond substituents is 5. The molecule has 0 heterocycles. The van der Waals surface area contributed by atoms with Crippen LogP contribution in [0.5, 0.6) is 28.7 Å². The Hall–Kier alpha value is -3.60. The van der Waals surface area contributed by atoms with Gasteiger partial charge in [0.2, 0.25) is 0 Å². The summed E-state index contributed by atoms with van der Waals surface area (Å²) in [5.41, 5.74) is 2.46. The Morgan fingerprint density at radius 3 is 1.81 bits per heavy atom. The molecule has 5 heteroatoms. The Bertz CT molecular complexity index is 967. The van der Waals surface area contributed by atoms with E-state index in [4.69, 9.17) is 0 Å². The highest BCUT2D eigenvalue weighted by atomic mass is 16.3. The van der Waals surface area contributed by atoms with Crippen LogP contribution in [-0.2, 0) is 0 Å². The predicted molar refractivity (Wildman–Crippen MR) is 104 cm³/mol. The fourth-order valence-electron chi connectivity index (χ4n) is 2.94. The van der Waals surface area contributed by atoms with Crippen LogP contribution in [0.2, 0.25) is 0 Å². The molecule has 0 fully saturated rings. The van der Waals surface area contributed by atoms with Crippen molar-refractivity contribution in [3.05, 3.63) is 76.9 Å².